The molecule has 5 aliphatic rings. The molecule has 0 aliphatic carbocycles. The molecule has 9 heterocycles. The third kappa shape index (κ3) is 12.6. The monoisotopic (exact) mass is 1050 g/mol. The van der Waals surface area contributed by atoms with Gasteiger partial charge in [-0.25, -0.2) is 29.5 Å². The minimum absolute atomic E-state index is 0.0445. The summed E-state index contributed by atoms with van der Waals surface area (Å²) >= 11 is 0. The molecule has 0 spiro atoms. The highest BCUT2D eigenvalue weighted by atomic mass is 16.7. The van der Waals surface area contributed by atoms with Crippen molar-refractivity contribution in [1.29, 1.82) is 0 Å². The van der Waals surface area contributed by atoms with Crippen molar-refractivity contribution < 1.29 is 48.3 Å². The second-order valence-electron chi connectivity index (χ2n) is 19.9. The molecule has 0 saturated carbocycles. The number of aryl methyl sites for hydroxylation is 2. The highest BCUT2D eigenvalue weighted by Gasteiger charge is 2.42. The Bertz CT molecular complexity index is 3080. The summed E-state index contributed by atoms with van der Waals surface area (Å²) in [6.07, 6.45) is 5.44. The van der Waals surface area contributed by atoms with Gasteiger partial charge < -0.3 is 39.0 Å². The molecule has 3 saturated heterocycles. The molecule has 4 N–H and O–H groups in total. The summed E-state index contributed by atoms with van der Waals surface area (Å²) in [5.74, 6) is 1.83. The molecule has 5 aliphatic heterocycles. The fourth-order valence-electron chi connectivity index (χ4n) is 10.1. The minimum Gasteiger partial charge on any atom is -0.491 e. The number of pyridine rings is 4. The number of hydrogen-bond acceptors (Lipinski definition) is 16. The summed E-state index contributed by atoms with van der Waals surface area (Å²) in [6, 6.07) is 32.7. The van der Waals surface area contributed by atoms with Crippen LogP contribution in [0.5, 0.6) is 11.5 Å². The number of rotatable bonds is 17. The van der Waals surface area contributed by atoms with Crippen molar-refractivity contribution in [3.8, 4) is 11.5 Å². The van der Waals surface area contributed by atoms with E-state index >= 15 is 0 Å². The maximum Gasteiger partial charge on any atom is 0.329 e. The Balaban J connectivity index is 0.000000175. The Morgan fingerprint density at radius 3 is 1.65 bits per heavy atom. The van der Waals surface area contributed by atoms with E-state index in [4.69, 9.17) is 29.0 Å². The van der Waals surface area contributed by atoms with E-state index in [2.05, 4.69) is 35.4 Å². The Hall–Kier alpha value is -8.04. The number of amides is 4. The predicted octanol–water partition coefficient (Wildman–Crippen LogP) is 7.11. The number of aromatic nitrogens is 4. The molecule has 2 aromatic carbocycles. The third-order valence-corrected chi connectivity index (χ3v) is 14.0. The van der Waals surface area contributed by atoms with Crippen molar-refractivity contribution in [2.45, 2.75) is 82.5 Å². The van der Waals surface area contributed by atoms with E-state index in [1.165, 1.54) is 6.20 Å². The number of anilines is 6. The topological polar surface area (TPSA) is 234 Å². The summed E-state index contributed by atoms with van der Waals surface area (Å²) in [5.41, 5.74) is 4.58. The number of aliphatic hydroxyl groups excluding tert-OH is 2. The highest BCUT2D eigenvalue weighted by Crippen LogP contribution is 2.41. The molecule has 77 heavy (non-hydrogen) atoms. The van der Waals surface area contributed by atoms with Gasteiger partial charge in [-0.05, 0) is 87.1 Å². The molecule has 0 radical (unpaired) electrons. The Labute approximate surface area is 446 Å². The van der Waals surface area contributed by atoms with Crippen LogP contribution in [-0.4, -0.2) is 136 Å². The van der Waals surface area contributed by atoms with Crippen LogP contribution in [-0.2, 0) is 22.3 Å². The van der Waals surface area contributed by atoms with E-state index in [1.807, 2.05) is 86.6 Å². The van der Waals surface area contributed by atoms with E-state index in [9.17, 15) is 24.3 Å². The van der Waals surface area contributed by atoms with Crippen molar-refractivity contribution in [3.63, 3.8) is 0 Å². The summed E-state index contributed by atoms with van der Waals surface area (Å²) in [6.45, 7) is 7.07. The number of ether oxygens (including phenoxy) is 4. The minimum atomic E-state index is -1.00. The maximum atomic E-state index is 13.6. The first-order valence-electron chi connectivity index (χ1n) is 26.0. The number of Topliss-reactive ketones (excluding diaryl/α,β-unsaturated/α-hetero) is 2. The maximum absolute atomic E-state index is 13.6. The molecule has 4 aromatic heterocycles. The van der Waals surface area contributed by atoms with E-state index in [0.29, 0.717) is 85.8 Å². The van der Waals surface area contributed by atoms with Gasteiger partial charge in [0.25, 0.3) is 0 Å². The van der Waals surface area contributed by atoms with Crippen molar-refractivity contribution in [1.82, 2.24) is 19.9 Å². The largest absolute Gasteiger partial charge is 0.491 e. The number of ketones is 2. The van der Waals surface area contributed by atoms with Gasteiger partial charge in [0.05, 0.1) is 36.7 Å². The standard InChI is InChI=1S/C30H33N5O5.C27H29N5O5/c1-30(2)39-19-23(40-30)18-38-22-12-14-31-27(16-22)33-29(37)35-21-13-15-34(17-21)25-10-9-24(32-28(25)35)26(36)11-8-20-6-4-3-5-7-20;33-16-20(34)17-37-21-10-12-28-25(14-21)30-27(36)32-19-11-13-31(15-19)23-8-7-22(29-26(23)32)24(35)9-6-18-4-2-1-3-5-18/h3-7,9-10,12,14,16,21,23H,8,11,13,15,17-19H2,1-2H3,(H,31,33,37);1-5,7-8,10,12,14,19-20,33-34H,6,9,11,13,15-17H2,(H,28,30,36)/t21-,23-;19-,20+/m00/s1. The Morgan fingerprint density at radius 2 is 1.18 bits per heavy atom. The normalized spacial score (nSPS) is 18.8. The number of aliphatic hydroxyl groups is 2. The van der Waals surface area contributed by atoms with Crippen LogP contribution >= 0.6 is 0 Å². The van der Waals surface area contributed by atoms with Crippen LogP contribution in [0.25, 0.3) is 0 Å². The lowest BCUT2D eigenvalue weighted by molar-refractivity contribution is -0.141. The van der Waals surface area contributed by atoms with Gasteiger partial charge >= 0.3 is 12.1 Å². The van der Waals surface area contributed by atoms with Crippen LogP contribution in [0, 0.1) is 0 Å². The average molecular weight is 1050 g/mol. The summed E-state index contributed by atoms with van der Waals surface area (Å²) in [7, 11) is 0. The second-order valence-corrected chi connectivity index (χ2v) is 19.9. The lowest BCUT2D eigenvalue weighted by atomic mass is 10.1. The van der Waals surface area contributed by atoms with Crippen molar-refractivity contribution in [2.24, 2.45) is 0 Å². The zero-order valence-corrected chi connectivity index (χ0v) is 43.0. The van der Waals surface area contributed by atoms with Crippen molar-refractivity contribution in [2.75, 3.05) is 82.8 Å². The van der Waals surface area contributed by atoms with E-state index < -0.39 is 24.5 Å². The van der Waals surface area contributed by atoms with Gasteiger partial charge in [-0.1, -0.05) is 60.7 Å². The Kier molecular flexibility index (Phi) is 16.0. The van der Waals surface area contributed by atoms with Crippen molar-refractivity contribution >= 4 is 58.3 Å². The predicted molar refractivity (Wildman–Crippen MR) is 288 cm³/mol. The number of benzene rings is 2. The number of nitrogens with zero attached hydrogens (tertiary/aromatic N) is 8. The van der Waals surface area contributed by atoms with Gasteiger partial charge in [-0.2, -0.15) is 0 Å². The zero-order valence-electron chi connectivity index (χ0n) is 43.0. The molecule has 11 rings (SSSR count). The smallest absolute Gasteiger partial charge is 0.329 e. The van der Waals surface area contributed by atoms with Crippen LogP contribution in [0.3, 0.4) is 0 Å². The Morgan fingerprint density at radius 1 is 0.688 bits per heavy atom. The second kappa shape index (κ2) is 23.5. The highest BCUT2D eigenvalue weighted by molar-refractivity contribution is 6.06. The quantitative estimate of drug-likeness (QED) is 0.0667. The summed E-state index contributed by atoms with van der Waals surface area (Å²) < 4.78 is 22.7. The summed E-state index contributed by atoms with van der Waals surface area (Å²) in [5, 5.41) is 24.2. The number of carbonyl (C=O) groups is 4. The fraction of sp³-hybridized carbons (Fsp3) is 0.368. The molecule has 4 atom stereocenters. The molecule has 4 bridgehead atoms. The van der Waals surface area contributed by atoms with Crippen LogP contribution in [0.1, 0.15) is 71.6 Å². The van der Waals surface area contributed by atoms with Crippen LogP contribution < -0.4 is 39.7 Å². The van der Waals surface area contributed by atoms with Crippen LogP contribution in [0.4, 0.5) is 44.2 Å². The summed E-state index contributed by atoms with van der Waals surface area (Å²) in [4.78, 5) is 78.7. The van der Waals surface area contributed by atoms with Crippen LogP contribution in [0.2, 0.25) is 0 Å². The molecule has 0 unspecified atom stereocenters. The van der Waals surface area contributed by atoms with E-state index in [0.717, 1.165) is 55.0 Å². The number of hydrogen-bond donors (Lipinski definition) is 4. The average Bonchev–Trinajstić information content (AvgIpc) is 4.19. The number of urea groups is 2. The first-order valence-corrected chi connectivity index (χ1v) is 26.0. The van der Waals surface area contributed by atoms with Gasteiger partial charge in [-0.15, -0.1) is 0 Å². The molecule has 400 valence electrons. The molecular formula is C57H62N10O10. The molecule has 4 amide bonds. The van der Waals surface area contributed by atoms with E-state index in [1.54, 1.807) is 52.4 Å². The molecule has 20 nitrogen and oxygen atoms in total. The lowest BCUT2D eigenvalue weighted by Crippen LogP contribution is -2.48. The molecule has 20 heteroatoms. The van der Waals surface area contributed by atoms with Gasteiger partial charge in [-0.3, -0.25) is 30.0 Å². The number of fused-ring (bicyclic) bond motifs is 8. The van der Waals surface area contributed by atoms with Crippen LogP contribution in [0.15, 0.2) is 122 Å². The SMILES string of the molecule is CC1(C)OC[C@H](COc2ccnc(NC(=O)N3c4nc(C(=O)CCc5ccccc5)ccc4N4CC[C@H]3C4)c2)O1.O=C(CCc1ccccc1)c1ccc2c(n1)N(C(=O)Nc1cc(OC[C@H](O)CO)ccn1)[C@H]1CCN2C1. The number of nitrogens with one attached hydrogen (secondary N) is 2. The molecule has 6 aromatic rings. The third-order valence-electron chi connectivity index (χ3n) is 14.0. The molecular weight excluding hydrogens is 985 g/mol. The fourth-order valence-corrected chi connectivity index (χ4v) is 10.1. The number of carbonyl (C=O) groups excluding carboxylic acids is 4. The zero-order chi connectivity index (χ0) is 53.5. The van der Waals surface area contributed by atoms with Gasteiger partial charge in [0.15, 0.2) is 29.0 Å². The van der Waals surface area contributed by atoms with Crippen molar-refractivity contribution in [3.05, 3.63) is 144 Å². The molecule has 3 fully saturated rings. The van der Waals surface area contributed by atoms with E-state index in [-0.39, 0.29) is 48.2 Å². The first-order chi connectivity index (χ1) is 37.4. The first kappa shape index (κ1) is 52.4. The lowest BCUT2D eigenvalue weighted by Gasteiger charge is -2.35. The van der Waals surface area contributed by atoms with Gasteiger partial charge in [0.1, 0.15) is 59.9 Å². The van der Waals surface area contributed by atoms with Gasteiger partial charge in [0, 0.05) is 63.5 Å². The van der Waals surface area contributed by atoms with Gasteiger partial charge in [0.2, 0.25) is 0 Å².